The van der Waals surface area contributed by atoms with Crippen LogP contribution in [0.25, 0.3) is 21.5 Å². The van der Waals surface area contributed by atoms with Gasteiger partial charge in [-0.25, -0.2) is 0 Å². The van der Waals surface area contributed by atoms with Crippen LogP contribution < -0.4 is 4.72 Å². The summed E-state index contributed by atoms with van der Waals surface area (Å²) in [6.45, 7) is 0. The molecular weight excluding hydrogens is 262 g/mol. The van der Waals surface area contributed by atoms with Crippen molar-refractivity contribution < 1.29 is 13.0 Å². The lowest BCUT2D eigenvalue weighted by Gasteiger charge is -2.09. The molecule has 0 saturated heterocycles. The van der Waals surface area contributed by atoms with E-state index in [4.69, 9.17) is 4.55 Å². The first kappa shape index (κ1) is 12.0. The minimum absolute atomic E-state index is 0.366. The van der Waals surface area contributed by atoms with Crippen molar-refractivity contribution in [3.63, 3.8) is 0 Å². The van der Waals surface area contributed by atoms with Gasteiger partial charge in [0.15, 0.2) is 0 Å². The molecule has 0 bridgehead atoms. The van der Waals surface area contributed by atoms with Crippen molar-refractivity contribution in [2.45, 2.75) is 0 Å². The first-order chi connectivity index (χ1) is 9.04. The Bertz CT molecular complexity index is 872. The maximum absolute atomic E-state index is 11.0. The van der Waals surface area contributed by atoms with Gasteiger partial charge in [0.25, 0.3) is 0 Å². The molecule has 0 unspecified atom stereocenters. The molecule has 3 rings (SSSR count). The number of hydrogen-bond acceptors (Lipinski definition) is 2. The van der Waals surface area contributed by atoms with Crippen molar-refractivity contribution >= 4 is 37.5 Å². The molecule has 0 aliphatic carbocycles. The van der Waals surface area contributed by atoms with E-state index in [9.17, 15) is 8.42 Å². The monoisotopic (exact) mass is 273 g/mol. The zero-order chi connectivity index (χ0) is 13.5. The van der Waals surface area contributed by atoms with Crippen LogP contribution >= 0.6 is 0 Å². The minimum atomic E-state index is -4.27. The summed E-state index contributed by atoms with van der Waals surface area (Å²) < 4.78 is 32.9. The Labute approximate surface area is 110 Å². The third-order valence-corrected chi connectivity index (χ3v) is 3.50. The molecule has 0 amide bonds. The largest absolute Gasteiger partial charge is 0.357 e. The van der Waals surface area contributed by atoms with E-state index in [2.05, 4.69) is 4.72 Å². The highest BCUT2D eigenvalue weighted by molar-refractivity contribution is 7.87. The van der Waals surface area contributed by atoms with Crippen LogP contribution in [-0.4, -0.2) is 13.0 Å². The number of benzene rings is 3. The third kappa shape index (κ3) is 2.25. The Hall–Kier alpha value is -2.11. The van der Waals surface area contributed by atoms with Gasteiger partial charge in [0.2, 0.25) is 0 Å². The van der Waals surface area contributed by atoms with Gasteiger partial charge >= 0.3 is 10.3 Å². The first-order valence-electron chi connectivity index (χ1n) is 5.70. The van der Waals surface area contributed by atoms with Gasteiger partial charge in [-0.05, 0) is 22.2 Å². The predicted octanol–water partition coefficient (Wildman–Crippen LogP) is 3.21. The summed E-state index contributed by atoms with van der Waals surface area (Å²) in [6, 6.07) is 16.9. The Morgan fingerprint density at radius 1 is 0.789 bits per heavy atom. The number of hydrogen-bond donors (Lipinski definition) is 2. The molecule has 0 aromatic heterocycles. The van der Waals surface area contributed by atoms with Gasteiger partial charge in [-0.2, -0.15) is 8.42 Å². The van der Waals surface area contributed by atoms with Gasteiger partial charge in [-0.15, -0.1) is 0 Å². The van der Waals surface area contributed by atoms with Crippen LogP contribution in [0.15, 0.2) is 54.6 Å². The van der Waals surface area contributed by atoms with Crippen LogP contribution in [0.5, 0.6) is 0 Å². The van der Waals surface area contributed by atoms with Gasteiger partial charge in [0.1, 0.15) is 0 Å². The maximum atomic E-state index is 11.0. The summed E-state index contributed by atoms with van der Waals surface area (Å²) in [6.07, 6.45) is 0. The SMILES string of the molecule is O=S(=O)(O)Nc1cccc2c1ccc1ccccc12. The second kappa shape index (κ2) is 4.22. The molecule has 4 nitrogen and oxygen atoms in total. The summed E-state index contributed by atoms with van der Waals surface area (Å²) in [4.78, 5) is 0. The van der Waals surface area contributed by atoms with Crippen molar-refractivity contribution in [1.29, 1.82) is 0 Å². The van der Waals surface area contributed by atoms with E-state index >= 15 is 0 Å². The lowest BCUT2D eigenvalue weighted by molar-refractivity contribution is 0.490. The lowest BCUT2D eigenvalue weighted by Crippen LogP contribution is -2.10. The number of rotatable bonds is 2. The molecule has 0 spiro atoms. The molecule has 0 atom stereocenters. The average Bonchev–Trinajstić information content (AvgIpc) is 2.37. The molecule has 0 saturated carbocycles. The van der Waals surface area contributed by atoms with Crippen LogP contribution in [0.4, 0.5) is 5.69 Å². The van der Waals surface area contributed by atoms with E-state index in [1.165, 1.54) is 0 Å². The standard InChI is InChI=1S/C14H11NO3S/c16-19(17,18)15-14-7-3-6-12-11-5-2-1-4-10(11)8-9-13(12)14/h1-9,15H,(H,16,17,18). The van der Waals surface area contributed by atoms with Crippen LogP contribution in [0.2, 0.25) is 0 Å². The van der Waals surface area contributed by atoms with E-state index in [1.54, 1.807) is 12.1 Å². The molecule has 96 valence electrons. The van der Waals surface area contributed by atoms with Gasteiger partial charge in [0, 0.05) is 5.39 Å². The zero-order valence-electron chi connectivity index (χ0n) is 9.87. The van der Waals surface area contributed by atoms with Gasteiger partial charge in [-0.3, -0.25) is 9.27 Å². The Morgan fingerprint density at radius 2 is 1.53 bits per heavy atom. The second-order valence-electron chi connectivity index (χ2n) is 4.26. The lowest BCUT2D eigenvalue weighted by atomic mass is 10.0. The van der Waals surface area contributed by atoms with Crippen LogP contribution in [-0.2, 0) is 10.3 Å². The fourth-order valence-electron chi connectivity index (χ4n) is 2.27. The molecule has 0 heterocycles. The molecule has 0 aliphatic heterocycles. The average molecular weight is 273 g/mol. The molecule has 0 radical (unpaired) electrons. The molecular formula is C14H11NO3S. The zero-order valence-corrected chi connectivity index (χ0v) is 10.7. The summed E-state index contributed by atoms with van der Waals surface area (Å²) in [7, 11) is -4.27. The number of anilines is 1. The summed E-state index contributed by atoms with van der Waals surface area (Å²) in [5.74, 6) is 0. The van der Waals surface area contributed by atoms with Gasteiger partial charge < -0.3 is 0 Å². The minimum Gasteiger partial charge on any atom is -0.269 e. The smallest absolute Gasteiger partial charge is 0.269 e. The van der Waals surface area contributed by atoms with Crippen molar-refractivity contribution in [3.8, 4) is 0 Å². The van der Waals surface area contributed by atoms with Crippen molar-refractivity contribution in [2.24, 2.45) is 0 Å². The van der Waals surface area contributed by atoms with Crippen molar-refractivity contribution in [1.82, 2.24) is 0 Å². The van der Waals surface area contributed by atoms with E-state index < -0.39 is 10.3 Å². The molecule has 3 aromatic rings. The highest BCUT2D eigenvalue weighted by Crippen LogP contribution is 2.30. The Kier molecular flexibility index (Phi) is 2.66. The molecule has 0 aliphatic rings. The fourth-order valence-corrected chi connectivity index (χ4v) is 2.72. The Balaban J connectivity index is 2.35. The fraction of sp³-hybridized carbons (Fsp3) is 0. The van der Waals surface area contributed by atoms with Crippen LogP contribution in [0.1, 0.15) is 0 Å². The Morgan fingerprint density at radius 3 is 2.32 bits per heavy atom. The van der Waals surface area contributed by atoms with Crippen LogP contribution in [0, 0.1) is 0 Å². The van der Waals surface area contributed by atoms with E-state index in [-0.39, 0.29) is 0 Å². The number of nitrogens with one attached hydrogen (secondary N) is 1. The van der Waals surface area contributed by atoms with Crippen LogP contribution in [0.3, 0.4) is 0 Å². The molecule has 5 heteroatoms. The third-order valence-electron chi connectivity index (χ3n) is 3.03. The quantitative estimate of drug-likeness (QED) is 0.556. The highest BCUT2D eigenvalue weighted by Gasteiger charge is 2.08. The van der Waals surface area contributed by atoms with E-state index in [0.717, 1.165) is 21.5 Å². The predicted molar refractivity (Wildman–Crippen MR) is 76.6 cm³/mol. The maximum Gasteiger partial charge on any atom is 0.357 e. The summed E-state index contributed by atoms with van der Waals surface area (Å²) in [5.41, 5.74) is 0.366. The molecule has 19 heavy (non-hydrogen) atoms. The normalized spacial score (nSPS) is 11.8. The first-order valence-corrected chi connectivity index (χ1v) is 7.14. The van der Waals surface area contributed by atoms with Crippen molar-refractivity contribution in [3.05, 3.63) is 54.6 Å². The molecule has 0 fully saturated rings. The van der Waals surface area contributed by atoms with Gasteiger partial charge in [-0.1, -0.05) is 48.5 Å². The van der Waals surface area contributed by atoms with E-state index in [1.807, 2.05) is 42.5 Å². The highest BCUT2D eigenvalue weighted by atomic mass is 32.2. The van der Waals surface area contributed by atoms with Crippen molar-refractivity contribution in [2.75, 3.05) is 4.72 Å². The number of fused-ring (bicyclic) bond motifs is 3. The molecule has 3 aromatic carbocycles. The summed E-state index contributed by atoms with van der Waals surface area (Å²) >= 11 is 0. The second-order valence-corrected chi connectivity index (χ2v) is 5.42. The topological polar surface area (TPSA) is 66.4 Å². The molecule has 2 N–H and O–H groups in total. The van der Waals surface area contributed by atoms with E-state index in [0.29, 0.717) is 5.69 Å². The summed E-state index contributed by atoms with van der Waals surface area (Å²) in [5, 5.41) is 3.81. The van der Waals surface area contributed by atoms with Gasteiger partial charge in [0.05, 0.1) is 5.69 Å².